The molecule has 2 heteroatoms. The van der Waals surface area contributed by atoms with Crippen molar-refractivity contribution in [3.8, 4) is 0 Å². The molecule has 0 N–H and O–H groups in total. The second-order valence-corrected chi connectivity index (χ2v) is 5.93. The van der Waals surface area contributed by atoms with Crippen LogP contribution >= 0.6 is 0 Å². The number of hydrogen-bond acceptors (Lipinski definition) is 2. The normalized spacial score (nSPS) is 47.0. The fourth-order valence-corrected chi connectivity index (χ4v) is 3.63. The van der Waals surface area contributed by atoms with E-state index in [0.717, 1.165) is 37.0 Å². The molecule has 0 amide bonds. The third-order valence-corrected chi connectivity index (χ3v) is 4.77. The summed E-state index contributed by atoms with van der Waals surface area (Å²) in [7, 11) is 0. The van der Waals surface area contributed by atoms with Crippen LogP contribution in [0.25, 0.3) is 0 Å². The van der Waals surface area contributed by atoms with E-state index >= 15 is 0 Å². The molecule has 1 aliphatic carbocycles. The Balaban J connectivity index is 1.56. The topological polar surface area (TPSA) is 12.5 Å². The van der Waals surface area contributed by atoms with Crippen molar-refractivity contribution in [1.82, 2.24) is 4.90 Å². The molecule has 86 valence electrons. The highest BCUT2D eigenvalue weighted by Crippen LogP contribution is 2.35. The lowest BCUT2D eigenvalue weighted by Crippen LogP contribution is -2.37. The van der Waals surface area contributed by atoms with Gasteiger partial charge in [0.25, 0.3) is 0 Å². The quantitative estimate of drug-likeness (QED) is 0.656. The van der Waals surface area contributed by atoms with Gasteiger partial charge in [-0.05, 0) is 31.6 Å². The molecule has 2 atom stereocenters. The van der Waals surface area contributed by atoms with Crippen LogP contribution in [0.5, 0.6) is 0 Å². The van der Waals surface area contributed by atoms with E-state index in [1.54, 1.807) is 0 Å². The van der Waals surface area contributed by atoms with Crippen molar-refractivity contribution in [3.63, 3.8) is 0 Å². The average Bonchev–Trinajstić information content (AvgIpc) is 2.78. The highest BCUT2D eigenvalue weighted by molar-refractivity contribution is 4.91. The zero-order chi connectivity index (χ0) is 10.3. The molecule has 0 aromatic rings. The minimum absolute atomic E-state index is 0.865. The average molecular weight is 209 g/mol. The van der Waals surface area contributed by atoms with Crippen LogP contribution in [0.1, 0.15) is 32.6 Å². The zero-order valence-electron chi connectivity index (χ0n) is 9.82. The zero-order valence-corrected chi connectivity index (χ0v) is 9.82. The minimum Gasteiger partial charge on any atom is -0.381 e. The fourth-order valence-electron chi connectivity index (χ4n) is 3.63. The van der Waals surface area contributed by atoms with Gasteiger partial charge in [0.15, 0.2) is 0 Å². The van der Waals surface area contributed by atoms with E-state index in [9.17, 15) is 0 Å². The molecule has 0 aromatic carbocycles. The van der Waals surface area contributed by atoms with Crippen LogP contribution in [0.15, 0.2) is 0 Å². The molecule has 0 bridgehead atoms. The van der Waals surface area contributed by atoms with Gasteiger partial charge in [0.1, 0.15) is 0 Å². The van der Waals surface area contributed by atoms with E-state index in [1.807, 2.05) is 0 Å². The van der Waals surface area contributed by atoms with Gasteiger partial charge < -0.3 is 4.74 Å². The van der Waals surface area contributed by atoms with Gasteiger partial charge in [0.05, 0.1) is 13.2 Å². The van der Waals surface area contributed by atoms with Gasteiger partial charge in [-0.15, -0.1) is 0 Å². The molecule has 2 aliphatic heterocycles. The van der Waals surface area contributed by atoms with Gasteiger partial charge in [-0.25, -0.2) is 0 Å². The molecule has 2 heterocycles. The summed E-state index contributed by atoms with van der Waals surface area (Å²) in [6.45, 7) is 7.12. The maximum absolute atomic E-state index is 5.54. The first-order chi connectivity index (χ1) is 7.33. The van der Waals surface area contributed by atoms with Crippen LogP contribution in [0.2, 0.25) is 0 Å². The Morgan fingerprint density at radius 3 is 2.13 bits per heavy atom. The molecule has 3 aliphatic rings. The molecule has 2 saturated heterocycles. The van der Waals surface area contributed by atoms with Gasteiger partial charge >= 0.3 is 0 Å². The van der Waals surface area contributed by atoms with Crippen molar-refractivity contribution in [2.75, 3.05) is 26.3 Å². The maximum Gasteiger partial charge on any atom is 0.0510 e. The van der Waals surface area contributed by atoms with Crippen LogP contribution in [-0.4, -0.2) is 37.2 Å². The van der Waals surface area contributed by atoms with Crippen molar-refractivity contribution in [2.24, 2.45) is 17.8 Å². The Hall–Kier alpha value is -0.0800. The molecule has 0 spiro atoms. The first-order valence-electron chi connectivity index (χ1n) is 6.64. The molecule has 2 nitrogen and oxygen atoms in total. The van der Waals surface area contributed by atoms with Crippen molar-refractivity contribution >= 4 is 0 Å². The number of fused-ring (bicyclic) bond motifs is 1. The summed E-state index contributed by atoms with van der Waals surface area (Å²) in [6.07, 6.45) is 5.79. The largest absolute Gasteiger partial charge is 0.381 e. The second-order valence-electron chi connectivity index (χ2n) is 5.93. The monoisotopic (exact) mass is 209 g/mol. The molecule has 15 heavy (non-hydrogen) atoms. The van der Waals surface area contributed by atoms with E-state index in [4.69, 9.17) is 4.74 Å². The minimum atomic E-state index is 0.865. The molecular formula is C13H23NO. The first kappa shape index (κ1) is 10.1. The fraction of sp³-hybridized carbons (Fsp3) is 1.00. The van der Waals surface area contributed by atoms with Crippen LogP contribution < -0.4 is 0 Å². The van der Waals surface area contributed by atoms with Crippen LogP contribution in [0, 0.1) is 17.8 Å². The lowest BCUT2D eigenvalue weighted by atomic mass is 9.87. The van der Waals surface area contributed by atoms with Crippen molar-refractivity contribution in [2.45, 2.75) is 38.6 Å². The van der Waals surface area contributed by atoms with Gasteiger partial charge in [0, 0.05) is 31.0 Å². The van der Waals surface area contributed by atoms with Crippen molar-refractivity contribution in [3.05, 3.63) is 0 Å². The molecule has 0 radical (unpaired) electrons. The van der Waals surface area contributed by atoms with Gasteiger partial charge in [-0.1, -0.05) is 6.92 Å². The molecule has 3 fully saturated rings. The van der Waals surface area contributed by atoms with Crippen molar-refractivity contribution < 1.29 is 4.74 Å². The van der Waals surface area contributed by atoms with E-state index in [-0.39, 0.29) is 0 Å². The number of hydrogen-bond donors (Lipinski definition) is 0. The van der Waals surface area contributed by atoms with E-state index < -0.39 is 0 Å². The van der Waals surface area contributed by atoms with Crippen molar-refractivity contribution in [1.29, 1.82) is 0 Å². The molecular weight excluding hydrogens is 186 g/mol. The summed E-state index contributed by atoms with van der Waals surface area (Å²) in [5.74, 6) is 2.71. The Morgan fingerprint density at radius 2 is 1.53 bits per heavy atom. The van der Waals surface area contributed by atoms with E-state index in [1.165, 1.54) is 38.8 Å². The number of nitrogens with zero attached hydrogens (tertiary/aromatic N) is 1. The predicted octanol–water partition coefficient (Wildman–Crippen LogP) is 2.14. The molecule has 2 unspecified atom stereocenters. The third kappa shape index (κ3) is 1.94. The van der Waals surface area contributed by atoms with Gasteiger partial charge in [-0.3, -0.25) is 4.90 Å². The maximum atomic E-state index is 5.54. The third-order valence-electron chi connectivity index (χ3n) is 4.77. The summed E-state index contributed by atoms with van der Waals surface area (Å²) in [5, 5.41) is 0. The summed E-state index contributed by atoms with van der Waals surface area (Å²) >= 11 is 0. The Labute approximate surface area is 93.0 Å². The van der Waals surface area contributed by atoms with Crippen LogP contribution in [-0.2, 0) is 4.74 Å². The SMILES string of the molecule is C[C@H]1CC[C@H](N2CC3COCC3C2)CC1. The van der Waals surface area contributed by atoms with E-state index in [2.05, 4.69) is 11.8 Å². The van der Waals surface area contributed by atoms with Gasteiger partial charge in [0.2, 0.25) is 0 Å². The van der Waals surface area contributed by atoms with Gasteiger partial charge in [-0.2, -0.15) is 0 Å². The summed E-state index contributed by atoms with van der Waals surface area (Å²) < 4.78 is 5.54. The summed E-state index contributed by atoms with van der Waals surface area (Å²) in [5.41, 5.74) is 0. The van der Waals surface area contributed by atoms with Crippen LogP contribution in [0.4, 0.5) is 0 Å². The van der Waals surface area contributed by atoms with Crippen LogP contribution in [0.3, 0.4) is 0 Å². The number of ether oxygens (including phenoxy) is 1. The van der Waals surface area contributed by atoms with E-state index in [0.29, 0.717) is 0 Å². The number of likely N-dealkylation sites (tertiary alicyclic amines) is 1. The Kier molecular flexibility index (Phi) is 2.73. The Bertz CT molecular complexity index is 211. The molecule has 1 saturated carbocycles. The molecule has 0 aromatic heterocycles. The first-order valence-corrected chi connectivity index (χ1v) is 6.64. The molecule has 3 rings (SSSR count). The predicted molar refractivity (Wildman–Crippen MR) is 60.8 cm³/mol. The lowest BCUT2D eigenvalue weighted by molar-refractivity contribution is 0.118. The highest BCUT2D eigenvalue weighted by Gasteiger charge is 2.39. The number of rotatable bonds is 1. The Morgan fingerprint density at radius 1 is 0.933 bits per heavy atom. The summed E-state index contributed by atoms with van der Waals surface area (Å²) in [6, 6.07) is 0.909. The summed E-state index contributed by atoms with van der Waals surface area (Å²) in [4.78, 5) is 2.77. The lowest BCUT2D eigenvalue weighted by Gasteiger charge is -2.34. The standard InChI is InChI=1S/C13H23NO/c1-10-2-4-13(5-3-10)14-6-11-8-15-9-12(11)7-14/h10-13H,2-9H2,1H3/t10-,11?,12?,13-. The smallest absolute Gasteiger partial charge is 0.0510 e. The highest BCUT2D eigenvalue weighted by atomic mass is 16.5. The second kappa shape index (κ2) is 4.06.